The Morgan fingerprint density at radius 2 is 1.85 bits per heavy atom. The molecule has 0 fully saturated rings. The summed E-state index contributed by atoms with van der Waals surface area (Å²) in [4.78, 5) is 24.7. The monoisotopic (exact) mass is 367 g/mol. The molecule has 1 aliphatic rings. The van der Waals surface area contributed by atoms with Crippen LogP contribution in [0.4, 0.5) is 5.69 Å². The van der Waals surface area contributed by atoms with Crippen molar-refractivity contribution in [1.29, 1.82) is 0 Å². The number of carbonyl (C=O) groups excluding carboxylic acids is 2. The van der Waals surface area contributed by atoms with Gasteiger partial charge in [0.1, 0.15) is 5.75 Å². The highest BCUT2D eigenvalue weighted by Crippen LogP contribution is 2.31. The number of para-hydroxylation sites is 2. The van der Waals surface area contributed by atoms with Crippen LogP contribution in [0.15, 0.2) is 48.5 Å². The Balaban J connectivity index is 1.61. The average molecular weight is 367 g/mol. The van der Waals surface area contributed by atoms with Gasteiger partial charge < -0.3 is 20.7 Å². The van der Waals surface area contributed by atoms with Crippen molar-refractivity contribution in [2.45, 2.75) is 32.4 Å². The molecule has 0 spiro atoms. The summed E-state index contributed by atoms with van der Waals surface area (Å²) in [7, 11) is 0. The lowest BCUT2D eigenvalue weighted by atomic mass is 10.0. The fourth-order valence-electron chi connectivity index (χ4n) is 3.09. The van der Waals surface area contributed by atoms with Gasteiger partial charge in [-0.25, -0.2) is 0 Å². The van der Waals surface area contributed by atoms with Crippen LogP contribution in [0, 0.1) is 0 Å². The van der Waals surface area contributed by atoms with E-state index in [4.69, 9.17) is 4.74 Å². The van der Waals surface area contributed by atoms with Crippen LogP contribution in [-0.2, 0) is 4.79 Å². The van der Waals surface area contributed by atoms with E-state index in [1.807, 2.05) is 44.2 Å². The number of rotatable bonds is 6. The van der Waals surface area contributed by atoms with Gasteiger partial charge in [-0.1, -0.05) is 30.3 Å². The van der Waals surface area contributed by atoms with Crippen LogP contribution in [0.5, 0.6) is 5.75 Å². The van der Waals surface area contributed by atoms with Crippen LogP contribution in [-0.4, -0.2) is 31.0 Å². The van der Waals surface area contributed by atoms with E-state index in [9.17, 15) is 9.59 Å². The summed E-state index contributed by atoms with van der Waals surface area (Å²) < 4.78 is 5.63. The van der Waals surface area contributed by atoms with Crippen molar-refractivity contribution < 1.29 is 14.3 Å². The second-order valence-electron chi connectivity index (χ2n) is 6.82. The van der Waals surface area contributed by atoms with E-state index in [0.717, 1.165) is 17.7 Å². The molecule has 6 heteroatoms. The normalized spacial score (nSPS) is 15.4. The van der Waals surface area contributed by atoms with E-state index < -0.39 is 0 Å². The molecule has 0 aliphatic carbocycles. The summed E-state index contributed by atoms with van der Waals surface area (Å²) in [6.45, 7) is 4.49. The summed E-state index contributed by atoms with van der Waals surface area (Å²) >= 11 is 0. The van der Waals surface area contributed by atoms with E-state index in [0.29, 0.717) is 17.9 Å². The molecule has 1 heterocycles. The van der Waals surface area contributed by atoms with E-state index in [2.05, 4.69) is 16.0 Å². The largest absolute Gasteiger partial charge is 0.493 e. The van der Waals surface area contributed by atoms with Gasteiger partial charge in [-0.2, -0.15) is 0 Å². The molecule has 2 aromatic carbocycles. The van der Waals surface area contributed by atoms with Crippen molar-refractivity contribution in [3.8, 4) is 5.75 Å². The minimum absolute atomic E-state index is 0.0439. The Labute approximate surface area is 159 Å². The summed E-state index contributed by atoms with van der Waals surface area (Å²) in [6.07, 6.45) is 0.732. The maximum Gasteiger partial charge on any atom is 0.253 e. The van der Waals surface area contributed by atoms with Crippen molar-refractivity contribution in [3.05, 3.63) is 59.7 Å². The molecule has 3 rings (SSSR count). The third-order valence-electron chi connectivity index (χ3n) is 4.32. The predicted octanol–water partition coefficient (Wildman–Crippen LogP) is 2.88. The van der Waals surface area contributed by atoms with Gasteiger partial charge in [0.05, 0.1) is 24.8 Å². The molecule has 6 nitrogen and oxygen atoms in total. The number of anilines is 1. The number of hydrogen-bond donors (Lipinski definition) is 3. The van der Waals surface area contributed by atoms with Crippen molar-refractivity contribution in [2.75, 3.05) is 18.5 Å². The van der Waals surface area contributed by atoms with E-state index in [1.54, 1.807) is 18.2 Å². The summed E-state index contributed by atoms with van der Waals surface area (Å²) in [5.74, 6) is 0.528. The third-order valence-corrected chi connectivity index (χ3v) is 4.32. The zero-order valence-electron chi connectivity index (χ0n) is 15.6. The molecular weight excluding hydrogens is 342 g/mol. The van der Waals surface area contributed by atoms with Gasteiger partial charge in [0.2, 0.25) is 5.91 Å². The van der Waals surface area contributed by atoms with Crippen LogP contribution in [0.25, 0.3) is 0 Å². The fraction of sp³-hybridized carbons (Fsp3) is 0.333. The number of benzene rings is 2. The van der Waals surface area contributed by atoms with Crippen LogP contribution in [0.3, 0.4) is 0 Å². The van der Waals surface area contributed by atoms with Gasteiger partial charge in [0, 0.05) is 23.7 Å². The van der Waals surface area contributed by atoms with Crippen molar-refractivity contribution in [3.63, 3.8) is 0 Å². The van der Waals surface area contributed by atoms with Crippen LogP contribution < -0.4 is 20.7 Å². The Hall–Kier alpha value is -3.02. The molecule has 3 N–H and O–H groups in total. The van der Waals surface area contributed by atoms with Gasteiger partial charge in [-0.3, -0.25) is 9.59 Å². The van der Waals surface area contributed by atoms with Crippen LogP contribution in [0.2, 0.25) is 0 Å². The smallest absolute Gasteiger partial charge is 0.253 e. The maximum absolute atomic E-state index is 12.4. The van der Waals surface area contributed by atoms with Gasteiger partial charge >= 0.3 is 0 Å². The highest BCUT2D eigenvalue weighted by molar-refractivity contribution is 6.00. The summed E-state index contributed by atoms with van der Waals surface area (Å²) in [6, 6.07) is 14.9. The SMILES string of the molecule is CC(C)NC(=O)c1ccccc1NCC(=O)NC1CCOc2ccccc21. The minimum atomic E-state index is -0.160. The first-order valence-electron chi connectivity index (χ1n) is 9.19. The van der Waals surface area contributed by atoms with Gasteiger partial charge in [-0.05, 0) is 32.0 Å². The minimum Gasteiger partial charge on any atom is -0.493 e. The first-order chi connectivity index (χ1) is 13.0. The highest BCUT2D eigenvalue weighted by Gasteiger charge is 2.22. The first kappa shape index (κ1) is 18.8. The molecule has 27 heavy (non-hydrogen) atoms. The molecule has 0 aromatic heterocycles. The zero-order valence-corrected chi connectivity index (χ0v) is 15.6. The molecule has 0 bridgehead atoms. The Morgan fingerprint density at radius 1 is 1.11 bits per heavy atom. The Bertz CT molecular complexity index is 820. The number of fused-ring (bicyclic) bond motifs is 1. The molecule has 0 radical (unpaired) electrons. The van der Waals surface area contributed by atoms with Crippen LogP contribution in [0.1, 0.15) is 42.2 Å². The lowest BCUT2D eigenvalue weighted by molar-refractivity contribution is -0.120. The standard InChI is InChI=1S/C21H25N3O3/c1-14(2)23-21(26)16-8-3-5-9-17(16)22-13-20(25)24-18-11-12-27-19-10-6-4-7-15(18)19/h3-10,14,18,22H,11-13H2,1-2H3,(H,23,26)(H,24,25). The lowest BCUT2D eigenvalue weighted by Crippen LogP contribution is -2.36. The van der Waals surface area contributed by atoms with Gasteiger partial charge in [0.15, 0.2) is 0 Å². The highest BCUT2D eigenvalue weighted by atomic mass is 16.5. The first-order valence-corrected chi connectivity index (χ1v) is 9.19. The average Bonchev–Trinajstić information content (AvgIpc) is 2.66. The molecule has 1 atom stereocenters. The van der Waals surface area contributed by atoms with Gasteiger partial charge in [-0.15, -0.1) is 0 Å². The molecule has 0 saturated heterocycles. The van der Waals surface area contributed by atoms with Crippen molar-refractivity contribution in [1.82, 2.24) is 10.6 Å². The third kappa shape index (κ3) is 4.78. The Kier molecular flexibility index (Phi) is 5.96. The topological polar surface area (TPSA) is 79.5 Å². The fourth-order valence-corrected chi connectivity index (χ4v) is 3.09. The summed E-state index contributed by atoms with van der Waals surface area (Å²) in [5.41, 5.74) is 2.16. The number of ether oxygens (including phenoxy) is 1. The molecule has 1 aliphatic heterocycles. The van der Waals surface area contributed by atoms with Gasteiger partial charge in [0.25, 0.3) is 5.91 Å². The van der Waals surface area contributed by atoms with E-state index in [-0.39, 0.29) is 30.4 Å². The maximum atomic E-state index is 12.4. The van der Waals surface area contributed by atoms with Crippen molar-refractivity contribution >= 4 is 17.5 Å². The second-order valence-corrected chi connectivity index (χ2v) is 6.82. The van der Waals surface area contributed by atoms with Crippen LogP contribution >= 0.6 is 0 Å². The lowest BCUT2D eigenvalue weighted by Gasteiger charge is -2.26. The Morgan fingerprint density at radius 3 is 2.67 bits per heavy atom. The molecule has 0 saturated carbocycles. The predicted molar refractivity (Wildman–Crippen MR) is 105 cm³/mol. The van der Waals surface area contributed by atoms with E-state index >= 15 is 0 Å². The number of carbonyl (C=O) groups is 2. The molecule has 2 aromatic rings. The molecule has 142 valence electrons. The number of amides is 2. The second kappa shape index (κ2) is 8.58. The quantitative estimate of drug-likeness (QED) is 0.733. The summed E-state index contributed by atoms with van der Waals surface area (Å²) in [5, 5.41) is 8.99. The molecule has 2 amide bonds. The number of nitrogens with one attached hydrogen (secondary N) is 3. The van der Waals surface area contributed by atoms with E-state index in [1.165, 1.54) is 0 Å². The van der Waals surface area contributed by atoms with Crippen molar-refractivity contribution in [2.24, 2.45) is 0 Å². The number of hydrogen-bond acceptors (Lipinski definition) is 4. The molecular formula is C21H25N3O3. The molecule has 1 unspecified atom stereocenters. The zero-order chi connectivity index (χ0) is 19.2.